The van der Waals surface area contributed by atoms with Gasteiger partial charge >= 0.3 is 0 Å². The van der Waals surface area contributed by atoms with E-state index in [-0.39, 0.29) is 17.9 Å². The molecule has 0 aliphatic heterocycles. The molecule has 2 atom stereocenters. The number of halogens is 2. The molecule has 1 saturated carbocycles. The maximum Gasteiger partial charge on any atom is 0.229 e. The van der Waals surface area contributed by atoms with Crippen molar-refractivity contribution in [2.45, 2.75) is 25.3 Å². The van der Waals surface area contributed by atoms with Gasteiger partial charge in [0.25, 0.3) is 0 Å². The summed E-state index contributed by atoms with van der Waals surface area (Å²) in [4.78, 5) is 12.0. The predicted molar refractivity (Wildman–Crippen MR) is 78.1 cm³/mol. The van der Waals surface area contributed by atoms with Crippen LogP contribution in [0.4, 0.5) is 5.69 Å². The minimum Gasteiger partial charge on any atom is -0.327 e. The van der Waals surface area contributed by atoms with E-state index in [1.54, 1.807) is 0 Å². The van der Waals surface area contributed by atoms with Crippen LogP contribution in [0.15, 0.2) is 18.2 Å². The fraction of sp³-hybridized carbons (Fsp3) is 0.417. The molecule has 2 rings (SSSR count). The second-order valence-electron chi connectivity index (χ2n) is 4.31. The van der Waals surface area contributed by atoms with Gasteiger partial charge in [0.1, 0.15) is 0 Å². The van der Waals surface area contributed by atoms with Crippen molar-refractivity contribution >= 4 is 45.8 Å². The summed E-state index contributed by atoms with van der Waals surface area (Å²) in [5.74, 6) is -0.0940. The molecule has 1 aromatic rings. The van der Waals surface area contributed by atoms with Crippen molar-refractivity contribution < 1.29 is 4.79 Å². The number of rotatable bonds is 2. The third-order valence-corrected chi connectivity index (χ3v) is 4.08. The van der Waals surface area contributed by atoms with Crippen molar-refractivity contribution in [3.8, 4) is 0 Å². The van der Waals surface area contributed by atoms with Gasteiger partial charge < -0.3 is 11.1 Å². The largest absolute Gasteiger partial charge is 0.327 e. The van der Waals surface area contributed by atoms with Gasteiger partial charge in [-0.2, -0.15) is 0 Å². The van der Waals surface area contributed by atoms with E-state index >= 15 is 0 Å². The maximum absolute atomic E-state index is 12.0. The number of hydrogen-bond acceptors (Lipinski definition) is 2. The van der Waals surface area contributed by atoms with Crippen molar-refractivity contribution in [1.29, 1.82) is 0 Å². The predicted octanol–water partition coefficient (Wildman–Crippen LogP) is 3.01. The lowest BCUT2D eigenvalue weighted by atomic mass is 10.0. The van der Waals surface area contributed by atoms with Crippen LogP contribution in [0.2, 0.25) is 5.02 Å². The van der Waals surface area contributed by atoms with Gasteiger partial charge in [-0.3, -0.25) is 4.79 Å². The molecule has 92 valence electrons. The molecule has 0 radical (unpaired) electrons. The molecule has 0 saturated heterocycles. The summed E-state index contributed by atoms with van der Waals surface area (Å²) in [7, 11) is 0. The van der Waals surface area contributed by atoms with Crippen LogP contribution in [-0.2, 0) is 4.79 Å². The molecule has 0 bridgehead atoms. The Labute approximate surface area is 119 Å². The summed E-state index contributed by atoms with van der Waals surface area (Å²) >= 11 is 8.25. The van der Waals surface area contributed by atoms with E-state index in [0.29, 0.717) is 10.7 Å². The second-order valence-corrected chi connectivity index (χ2v) is 5.97. The lowest BCUT2D eigenvalue weighted by Crippen LogP contribution is -2.34. The van der Waals surface area contributed by atoms with Crippen LogP contribution in [0.5, 0.6) is 0 Å². The highest BCUT2D eigenvalue weighted by molar-refractivity contribution is 14.1. The zero-order chi connectivity index (χ0) is 12.4. The van der Waals surface area contributed by atoms with E-state index in [1.165, 1.54) is 0 Å². The topological polar surface area (TPSA) is 55.1 Å². The fourth-order valence-electron chi connectivity index (χ4n) is 2.13. The van der Waals surface area contributed by atoms with Crippen LogP contribution >= 0.6 is 34.2 Å². The van der Waals surface area contributed by atoms with E-state index in [2.05, 4.69) is 27.9 Å². The number of carbonyl (C=O) groups is 1. The highest BCUT2D eigenvalue weighted by Gasteiger charge is 2.30. The molecule has 17 heavy (non-hydrogen) atoms. The van der Waals surface area contributed by atoms with E-state index in [4.69, 9.17) is 17.3 Å². The average molecular weight is 365 g/mol. The molecular weight excluding hydrogens is 351 g/mol. The smallest absolute Gasteiger partial charge is 0.229 e. The highest BCUT2D eigenvalue weighted by Crippen LogP contribution is 2.28. The Bertz CT molecular complexity index is 439. The Morgan fingerprint density at radius 2 is 2.24 bits per heavy atom. The van der Waals surface area contributed by atoms with Crippen LogP contribution in [0, 0.1) is 9.49 Å². The zero-order valence-electron chi connectivity index (χ0n) is 9.25. The Hall–Kier alpha value is -0.330. The third-order valence-electron chi connectivity index (χ3n) is 3.10. The summed E-state index contributed by atoms with van der Waals surface area (Å²) in [5, 5.41) is 3.42. The van der Waals surface area contributed by atoms with E-state index in [9.17, 15) is 4.79 Å². The van der Waals surface area contributed by atoms with Crippen molar-refractivity contribution in [3.63, 3.8) is 0 Å². The van der Waals surface area contributed by atoms with Gasteiger partial charge in [-0.25, -0.2) is 0 Å². The van der Waals surface area contributed by atoms with Gasteiger partial charge in [-0.1, -0.05) is 18.0 Å². The average Bonchev–Trinajstić information content (AvgIpc) is 2.68. The van der Waals surface area contributed by atoms with Crippen molar-refractivity contribution in [2.75, 3.05) is 5.32 Å². The molecular formula is C12H14ClIN2O. The van der Waals surface area contributed by atoms with E-state index in [1.807, 2.05) is 18.2 Å². The van der Waals surface area contributed by atoms with Gasteiger partial charge in [0.15, 0.2) is 0 Å². The number of nitrogens with two attached hydrogens (primary N) is 1. The zero-order valence-corrected chi connectivity index (χ0v) is 12.2. The number of benzene rings is 1. The van der Waals surface area contributed by atoms with Gasteiger partial charge in [0.05, 0.1) is 16.6 Å². The number of carbonyl (C=O) groups excluding carboxylic acids is 1. The Balaban J connectivity index is 2.07. The highest BCUT2D eigenvalue weighted by atomic mass is 127. The molecule has 1 amide bonds. The molecule has 0 heterocycles. The molecule has 1 aromatic carbocycles. The third kappa shape index (κ3) is 3.11. The minimum atomic E-state index is -0.0784. The molecule has 3 nitrogen and oxygen atoms in total. The van der Waals surface area contributed by atoms with Crippen LogP contribution < -0.4 is 11.1 Å². The normalized spacial score (nSPS) is 23.7. The molecule has 1 aliphatic carbocycles. The summed E-state index contributed by atoms with van der Waals surface area (Å²) in [5.41, 5.74) is 6.56. The van der Waals surface area contributed by atoms with Crippen molar-refractivity contribution in [2.24, 2.45) is 11.7 Å². The summed E-state index contributed by atoms with van der Waals surface area (Å²) in [6, 6.07) is 5.54. The Morgan fingerprint density at radius 1 is 1.47 bits per heavy atom. The lowest BCUT2D eigenvalue weighted by molar-refractivity contribution is -0.120. The summed E-state index contributed by atoms with van der Waals surface area (Å²) < 4.78 is 1.04. The first-order valence-corrected chi connectivity index (χ1v) is 7.05. The van der Waals surface area contributed by atoms with Crippen LogP contribution in [0.25, 0.3) is 0 Å². The molecule has 3 N–H and O–H groups in total. The molecule has 5 heteroatoms. The Morgan fingerprint density at radius 3 is 2.82 bits per heavy atom. The SMILES string of the molecule is NC1CCCC1C(=O)Nc1ccc(I)cc1Cl. The molecule has 1 fully saturated rings. The van der Waals surface area contributed by atoms with Crippen LogP contribution in [-0.4, -0.2) is 11.9 Å². The second kappa shape index (κ2) is 5.54. The van der Waals surface area contributed by atoms with Gasteiger partial charge in [-0.05, 0) is 53.6 Å². The van der Waals surface area contributed by atoms with E-state index < -0.39 is 0 Å². The minimum absolute atomic E-state index is 0.0156. The fourth-order valence-corrected chi connectivity index (χ4v) is 3.03. The molecule has 2 unspecified atom stereocenters. The summed E-state index contributed by atoms with van der Waals surface area (Å²) in [6.45, 7) is 0. The molecule has 0 aromatic heterocycles. The van der Waals surface area contributed by atoms with Crippen LogP contribution in [0.3, 0.4) is 0 Å². The van der Waals surface area contributed by atoms with Crippen LogP contribution in [0.1, 0.15) is 19.3 Å². The van der Waals surface area contributed by atoms with Gasteiger partial charge in [-0.15, -0.1) is 0 Å². The molecule has 0 spiro atoms. The van der Waals surface area contributed by atoms with Crippen molar-refractivity contribution in [1.82, 2.24) is 0 Å². The Kier molecular flexibility index (Phi) is 4.27. The van der Waals surface area contributed by atoms with Gasteiger partial charge in [0.2, 0.25) is 5.91 Å². The molecule has 1 aliphatic rings. The first-order chi connectivity index (χ1) is 8.08. The monoisotopic (exact) mass is 364 g/mol. The first kappa shape index (κ1) is 13.1. The summed E-state index contributed by atoms with van der Waals surface area (Å²) in [6.07, 6.45) is 2.83. The van der Waals surface area contributed by atoms with E-state index in [0.717, 1.165) is 22.8 Å². The first-order valence-electron chi connectivity index (χ1n) is 5.59. The standard InChI is InChI=1S/C12H14ClIN2O/c13-9-6-7(14)4-5-11(9)16-12(17)8-2-1-3-10(8)15/h4-6,8,10H,1-3,15H2,(H,16,17). The van der Waals surface area contributed by atoms with Crippen molar-refractivity contribution in [3.05, 3.63) is 26.8 Å². The number of nitrogens with one attached hydrogen (secondary N) is 1. The quantitative estimate of drug-likeness (QED) is 0.793. The number of anilines is 1. The number of hydrogen-bond donors (Lipinski definition) is 2. The number of amides is 1. The lowest BCUT2D eigenvalue weighted by Gasteiger charge is -2.15. The maximum atomic E-state index is 12.0. The van der Waals surface area contributed by atoms with Gasteiger partial charge in [0, 0.05) is 9.61 Å².